The Kier molecular flexibility index (Phi) is 5.64. The van der Waals surface area contributed by atoms with Crippen LogP contribution in [-0.4, -0.2) is 26.4 Å². The summed E-state index contributed by atoms with van der Waals surface area (Å²) in [5.41, 5.74) is 3.77. The van der Waals surface area contributed by atoms with Gasteiger partial charge in [0.1, 0.15) is 0 Å². The minimum Gasteiger partial charge on any atom is -0.290 e. The van der Waals surface area contributed by atoms with E-state index in [1.807, 2.05) is 25.1 Å². The molecule has 1 aromatic heterocycles. The Morgan fingerprint density at radius 1 is 1.04 bits per heavy atom. The molecule has 1 N–H and O–H groups in total. The van der Waals surface area contributed by atoms with Crippen molar-refractivity contribution >= 4 is 21.4 Å². The van der Waals surface area contributed by atoms with Crippen LogP contribution < -0.4 is 4.72 Å². The molecule has 2 heterocycles. The van der Waals surface area contributed by atoms with E-state index in [4.69, 9.17) is 0 Å². The minimum absolute atomic E-state index is 0.0218. The van der Waals surface area contributed by atoms with E-state index in [9.17, 15) is 8.42 Å². The van der Waals surface area contributed by atoms with Gasteiger partial charge in [0.05, 0.1) is 10.9 Å². The predicted molar refractivity (Wildman–Crippen MR) is 114 cm³/mol. The van der Waals surface area contributed by atoms with Crippen molar-refractivity contribution in [3.05, 3.63) is 87.6 Å². The van der Waals surface area contributed by atoms with Crippen molar-refractivity contribution in [1.82, 2.24) is 9.62 Å². The SMILES string of the molecule is Cc1ccc(S(=O)(=O)NCC(c2cccs2)N2CCc3ccccc3C2)cc1. The van der Waals surface area contributed by atoms with Crippen molar-refractivity contribution < 1.29 is 8.42 Å². The van der Waals surface area contributed by atoms with Crippen LogP contribution in [0.4, 0.5) is 0 Å². The maximum atomic E-state index is 12.8. The zero-order valence-corrected chi connectivity index (χ0v) is 17.5. The molecule has 1 atom stereocenters. The predicted octanol–water partition coefficient (Wildman–Crippen LogP) is 4.13. The van der Waals surface area contributed by atoms with Crippen LogP contribution in [0.2, 0.25) is 0 Å². The maximum Gasteiger partial charge on any atom is 0.240 e. The Hall–Kier alpha value is -1.99. The number of aryl methyl sites for hydroxylation is 1. The molecule has 0 spiro atoms. The second-order valence-electron chi connectivity index (χ2n) is 7.19. The molecule has 3 aromatic rings. The van der Waals surface area contributed by atoms with Crippen LogP contribution in [0.5, 0.6) is 0 Å². The third-order valence-electron chi connectivity index (χ3n) is 5.27. The topological polar surface area (TPSA) is 49.4 Å². The third kappa shape index (κ3) is 4.20. The van der Waals surface area contributed by atoms with E-state index in [0.29, 0.717) is 11.4 Å². The molecule has 0 amide bonds. The zero-order chi connectivity index (χ0) is 19.6. The van der Waals surface area contributed by atoms with Crippen LogP contribution in [-0.2, 0) is 23.0 Å². The number of rotatable bonds is 6. The lowest BCUT2D eigenvalue weighted by atomic mass is 9.98. The first-order chi connectivity index (χ1) is 13.5. The van der Waals surface area contributed by atoms with Crippen LogP contribution in [0.15, 0.2) is 70.9 Å². The summed E-state index contributed by atoms with van der Waals surface area (Å²) in [5, 5.41) is 2.05. The number of fused-ring (bicyclic) bond motifs is 1. The molecule has 1 aliphatic heterocycles. The Bertz CT molecular complexity index is 1030. The molecule has 0 radical (unpaired) electrons. The van der Waals surface area contributed by atoms with Gasteiger partial charge in [-0.3, -0.25) is 4.90 Å². The van der Waals surface area contributed by atoms with Crippen molar-refractivity contribution in [2.75, 3.05) is 13.1 Å². The van der Waals surface area contributed by atoms with Gasteiger partial charge in [0, 0.05) is 24.5 Å². The van der Waals surface area contributed by atoms with Gasteiger partial charge in [-0.25, -0.2) is 13.1 Å². The second kappa shape index (κ2) is 8.17. The zero-order valence-electron chi connectivity index (χ0n) is 15.8. The molecule has 1 aliphatic rings. The van der Waals surface area contributed by atoms with Gasteiger partial charge in [-0.05, 0) is 48.1 Å². The van der Waals surface area contributed by atoms with Gasteiger partial charge >= 0.3 is 0 Å². The van der Waals surface area contributed by atoms with Gasteiger partial charge in [0.2, 0.25) is 10.0 Å². The number of hydrogen-bond donors (Lipinski definition) is 1. The van der Waals surface area contributed by atoms with Crippen LogP contribution >= 0.6 is 11.3 Å². The summed E-state index contributed by atoms with van der Waals surface area (Å²) in [6, 6.07) is 19.6. The van der Waals surface area contributed by atoms with Gasteiger partial charge in [-0.2, -0.15) is 0 Å². The quantitative estimate of drug-likeness (QED) is 0.662. The lowest BCUT2D eigenvalue weighted by Crippen LogP contribution is -2.40. The fourth-order valence-electron chi connectivity index (χ4n) is 3.66. The number of hydrogen-bond acceptors (Lipinski definition) is 4. The van der Waals surface area contributed by atoms with E-state index in [2.05, 4.69) is 45.3 Å². The van der Waals surface area contributed by atoms with E-state index in [-0.39, 0.29) is 6.04 Å². The molecule has 1 unspecified atom stereocenters. The molecule has 4 rings (SSSR count). The molecule has 0 saturated heterocycles. The normalized spacial score (nSPS) is 15.9. The first-order valence-corrected chi connectivity index (χ1v) is 11.8. The number of thiophene rings is 1. The molecule has 2 aromatic carbocycles. The van der Waals surface area contributed by atoms with Gasteiger partial charge in [0.15, 0.2) is 0 Å². The molecule has 0 bridgehead atoms. The highest BCUT2D eigenvalue weighted by Gasteiger charge is 2.27. The summed E-state index contributed by atoms with van der Waals surface area (Å²) in [5.74, 6) is 0. The average Bonchev–Trinajstić information content (AvgIpc) is 3.23. The van der Waals surface area contributed by atoms with E-state index in [1.54, 1.807) is 23.5 Å². The largest absolute Gasteiger partial charge is 0.290 e. The van der Waals surface area contributed by atoms with Crippen LogP contribution in [0, 0.1) is 6.92 Å². The maximum absolute atomic E-state index is 12.8. The van der Waals surface area contributed by atoms with Crippen LogP contribution in [0.3, 0.4) is 0 Å². The molecule has 6 heteroatoms. The first-order valence-electron chi connectivity index (χ1n) is 9.43. The summed E-state index contributed by atoms with van der Waals surface area (Å²) in [7, 11) is -3.53. The summed E-state index contributed by atoms with van der Waals surface area (Å²) in [6.45, 7) is 4.07. The molecular formula is C22H24N2O2S2. The molecule has 0 saturated carbocycles. The number of nitrogens with one attached hydrogen (secondary N) is 1. The Balaban J connectivity index is 1.54. The average molecular weight is 413 g/mol. The van der Waals surface area contributed by atoms with Crippen molar-refractivity contribution in [2.45, 2.75) is 30.8 Å². The summed E-state index contributed by atoms with van der Waals surface area (Å²) in [6.07, 6.45) is 0.989. The summed E-state index contributed by atoms with van der Waals surface area (Å²) in [4.78, 5) is 3.88. The number of sulfonamides is 1. The molecule has 146 valence electrons. The molecule has 4 nitrogen and oxygen atoms in total. The molecule has 0 aliphatic carbocycles. The fourth-order valence-corrected chi connectivity index (χ4v) is 5.56. The third-order valence-corrected chi connectivity index (χ3v) is 7.68. The van der Waals surface area contributed by atoms with Crippen molar-refractivity contribution in [2.24, 2.45) is 0 Å². The van der Waals surface area contributed by atoms with Crippen LogP contribution in [0.1, 0.15) is 27.6 Å². The summed E-state index contributed by atoms with van der Waals surface area (Å²) < 4.78 is 28.4. The van der Waals surface area contributed by atoms with E-state index in [0.717, 1.165) is 25.1 Å². The number of benzene rings is 2. The lowest BCUT2D eigenvalue weighted by Gasteiger charge is -2.35. The molecule has 28 heavy (non-hydrogen) atoms. The van der Waals surface area contributed by atoms with Gasteiger partial charge in [-0.15, -0.1) is 11.3 Å². The van der Waals surface area contributed by atoms with E-state index < -0.39 is 10.0 Å². The highest BCUT2D eigenvalue weighted by atomic mass is 32.2. The molecular weight excluding hydrogens is 388 g/mol. The second-order valence-corrected chi connectivity index (χ2v) is 9.93. The standard InChI is InChI=1S/C22H24N2O2S2/c1-17-8-10-20(11-9-17)28(25,26)23-15-21(22-7-4-14-27-22)24-13-12-18-5-2-3-6-19(18)16-24/h2-11,14,21,23H,12-13,15-16H2,1H3. The minimum atomic E-state index is -3.53. The fraction of sp³-hybridized carbons (Fsp3) is 0.273. The Morgan fingerprint density at radius 3 is 2.50 bits per heavy atom. The van der Waals surface area contributed by atoms with Gasteiger partial charge in [0.25, 0.3) is 0 Å². The highest BCUT2D eigenvalue weighted by Crippen LogP contribution is 2.30. The monoisotopic (exact) mass is 412 g/mol. The Morgan fingerprint density at radius 2 is 1.79 bits per heavy atom. The van der Waals surface area contributed by atoms with Crippen molar-refractivity contribution in [3.8, 4) is 0 Å². The number of nitrogens with zero attached hydrogens (tertiary/aromatic N) is 1. The molecule has 0 fully saturated rings. The van der Waals surface area contributed by atoms with Crippen molar-refractivity contribution in [3.63, 3.8) is 0 Å². The highest BCUT2D eigenvalue weighted by molar-refractivity contribution is 7.89. The van der Waals surface area contributed by atoms with Crippen LogP contribution in [0.25, 0.3) is 0 Å². The lowest BCUT2D eigenvalue weighted by molar-refractivity contribution is 0.183. The van der Waals surface area contributed by atoms with E-state index in [1.165, 1.54) is 16.0 Å². The van der Waals surface area contributed by atoms with Gasteiger partial charge in [-0.1, -0.05) is 48.0 Å². The van der Waals surface area contributed by atoms with Gasteiger partial charge < -0.3 is 0 Å². The van der Waals surface area contributed by atoms with Crippen molar-refractivity contribution in [1.29, 1.82) is 0 Å². The smallest absolute Gasteiger partial charge is 0.240 e. The van der Waals surface area contributed by atoms with E-state index >= 15 is 0 Å². The first kappa shape index (κ1) is 19.3. The Labute approximate surface area is 170 Å². The summed E-state index contributed by atoms with van der Waals surface area (Å²) >= 11 is 1.68.